The van der Waals surface area contributed by atoms with E-state index in [0.717, 1.165) is 0 Å². The van der Waals surface area contributed by atoms with E-state index in [1.807, 2.05) is 20.8 Å². The molecule has 2 atom stereocenters. The van der Waals surface area contributed by atoms with Crippen LogP contribution in [0.1, 0.15) is 41.5 Å². The standard InChI is InChI=1S/C14H26N2O3S/c1-13(2,3)12-16(10(17)7-15)9(8-20-12)11(18)19-14(4,5)6/h9,12H,7-8,15H2,1-6H3/t9-,12?/m0/s1. The summed E-state index contributed by atoms with van der Waals surface area (Å²) < 4.78 is 5.42. The molecule has 1 saturated heterocycles. The maximum atomic E-state index is 12.3. The Morgan fingerprint density at radius 2 is 1.80 bits per heavy atom. The third kappa shape index (κ3) is 4.12. The molecule has 1 fully saturated rings. The smallest absolute Gasteiger partial charge is 0.330 e. The molecule has 0 aromatic carbocycles. The Morgan fingerprint density at radius 1 is 1.25 bits per heavy atom. The normalized spacial score (nSPS) is 23.9. The number of esters is 1. The van der Waals surface area contributed by atoms with Crippen LogP contribution in [-0.2, 0) is 14.3 Å². The van der Waals surface area contributed by atoms with Crippen molar-refractivity contribution in [3.63, 3.8) is 0 Å². The monoisotopic (exact) mass is 302 g/mol. The lowest BCUT2D eigenvalue weighted by molar-refractivity contribution is -0.164. The number of carbonyl (C=O) groups is 2. The van der Waals surface area contributed by atoms with Crippen LogP contribution in [-0.4, -0.2) is 46.1 Å². The van der Waals surface area contributed by atoms with Gasteiger partial charge in [-0.3, -0.25) is 4.79 Å². The molecule has 0 saturated carbocycles. The van der Waals surface area contributed by atoms with Crippen molar-refractivity contribution in [2.24, 2.45) is 11.1 Å². The van der Waals surface area contributed by atoms with Crippen molar-refractivity contribution in [2.45, 2.75) is 58.6 Å². The molecule has 1 aliphatic heterocycles. The van der Waals surface area contributed by atoms with Crippen LogP contribution >= 0.6 is 11.8 Å². The largest absolute Gasteiger partial charge is 0.458 e. The highest BCUT2D eigenvalue weighted by Crippen LogP contribution is 2.40. The van der Waals surface area contributed by atoms with Crippen LogP contribution in [0.4, 0.5) is 0 Å². The van der Waals surface area contributed by atoms with Gasteiger partial charge in [-0.25, -0.2) is 4.79 Å². The number of hydrogen-bond acceptors (Lipinski definition) is 5. The maximum absolute atomic E-state index is 12.3. The zero-order valence-corrected chi connectivity index (χ0v) is 14.0. The van der Waals surface area contributed by atoms with Crippen LogP contribution in [0.2, 0.25) is 0 Å². The van der Waals surface area contributed by atoms with Gasteiger partial charge in [0.15, 0.2) is 0 Å². The first kappa shape index (κ1) is 17.3. The zero-order chi connectivity index (χ0) is 15.7. The minimum absolute atomic E-state index is 0.0592. The highest BCUT2D eigenvalue weighted by atomic mass is 32.2. The lowest BCUT2D eigenvalue weighted by Crippen LogP contribution is -2.52. The van der Waals surface area contributed by atoms with Gasteiger partial charge in [-0.1, -0.05) is 20.8 Å². The minimum atomic E-state index is -0.557. The van der Waals surface area contributed by atoms with E-state index >= 15 is 0 Å². The summed E-state index contributed by atoms with van der Waals surface area (Å²) in [5.41, 5.74) is 4.82. The summed E-state index contributed by atoms with van der Waals surface area (Å²) in [5.74, 6) is 0.00658. The average Bonchev–Trinajstić information content (AvgIpc) is 2.69. The number of carbonyl (C=O) groups excluding carboxylic acids is 2. The van der Waals surface area contributed by atoms with E-state index in [-0.39, 0.29) is 29.2 Å². The summed E-state index contributed by atoms with van der Waals surface area (Å²) in [7, 11) is 0. The maximum Gasteiger partial charge on any atom is 0.330 e. The van der Waals surface area contributed by atoms with Gasteiger partial charge in [0.2, 0.25) is 5.91 Å². The summed E-state index contributed by atoms with van der Waals surface area (Å²) in [6, 6.07) is -0.542. The fourth-order valence-corrected chi connectivity index (χ4v) is 3.72. The fraction of sp³-hybridized carbons (Fsp3) is 0.857. The van der Waals surface area contributed by atoms with Crippen molar-refractivity contribution in [1.82, 2.24) is 4.90 Å². The van der Waals surface area contributed by atoms with E-state index < -0.39 is 11.6 Å². The predicted octanol–water partition coefficient (Wildman–Crippen LogP) is 1.60. The minimum Gasteiger partial charge on any atom is -0.458 e. The van der Waals surface area contributed by atoms with Gasteiger partial charge in [0.1, 0.15) is 11.6 Å². The molecule has 20 heavy (non-hydrogen) atoms. The van der Waals surface area contributed by atoms with Crippen LogP contribution in [0.5, 0.6) is 0 Å². The molecule has 116 valence electrons. The van der Waals surface area contributed by atoms with E-state index in [4.69, 9.17) is 10.5 Å². The summed E-state index contributed by atoms with van der Waals surface area (Å²) >= 11 is 1.61. The van der Waals surface area contributed by atoms with Gasteiger partial charge in [0.05, 0.1) is 11.9 Å². The highest BCUT2D eigenvalue weighted by Gasteiger charge is 2.47. The number of ether oxygens (including phenoxy) is 1. The SMILES string of the molecule is CC(C)(C)OC(=O)[C@@H]1CSC(C(C)(C)C)N1C(=O)CN. The molecule has 1 aliphatic rings. The highest BCUT2D eigenvalue weighted by molar-refractivity contribution is 8.00. The molecule has 0 spiro atoms. The van der Waals surface area contributed by atoms with Crippen molar-refractivity contribution in [3.8, 4) is 0 Å². The second-order valence-electron chi connectivity index (χ2n) is 7.11. The third-order valence-electron chi connectivity index (χ3n) is 2.88. The summed E-state index contributed by atoms with van der Waals surface area (Å²) in [6.45, 7) is 11.5. The third-order valence-corrected chi connectivity index (χ3v) is 4.64. The van der Waals surface area contributed by atoms with Crippen LogP contribution in [0.25, 0.3) is 0 Å². The van der Waals surface area contributed by atoms with Crippen molar-refractivity contribution in [3.05, 3.63) is 0 Å². The second kappa shape index (κ2) is 5.93. The first-order valence-corrected chi connectivity index (χ1v) is 7.88. The molecular weight excluding hydrogens is 276 g/mol. The summed E-state index contributed by atoms with van der Waals surface area (Å²) in [5, 5.41) is -0.0592. The first-order valence-electron chi connectivity index (χ1n) is 6.83. The lowest BCUT2D eigenvalue weighted by atomic mass is 9.94. The Labute approximate surface area is 125 Å². The van der Waals surface area contributed by atoms with Crippen LogP contribution in [0.3, 0.4) is 0 Å². The molecule has 1 unspecified atom stereocenters. The van der Waals surface area contributed by atoms with Gasteiger partial charge < -0.3 is 15.4 Å². The van der Waals surface area contributed by atoms with Crippen molar-refractivity contribution in [1.29, 1.82) is 0 Å². The lowest BCUT2D eigenvalue weighted by Gasteiger charge is -2.36. The quantitative estimate of drug-likeness (QED) is 0.784. The number of nitrogens with two attached hydrogens (primary N) is 1. The molecule has 6 heteroatoms. The Bertz CT molecular complexity index is 385. The molecule has 1 amide bonds. The van der Waals surface area contributed by atoms with Gasteiger partial charge >= 0.3 is 5.97 Å². The molecule has 0 radical (unpaired) electrons. The Hall–Kier alpha value is -0.750. The summed E-state index contributed by atoms with van der Waals surface area (Å²) in [6.07, 6.45) is 0. The van der Waals surface area contributed by atoms with E-state index in [0.29, 0.717) is 5.75 Å². The Balaban J connectivity index is 2.97. The zero-order valence-electron chi connectivity index (χ0n) is 13.2. The van der Waals surface area contributed by atoms with E-state index in [2.05, 4.69) is 20.8 Å². The average molecular weight is 302 g/mol. The van der Waals surface area contributed by atoms with E-state index in [9.17, 15) is 9.59 Å². The van der Waals surface area contributed by atoms with Gasteiger partial charge in [-0.05, 0) is 26.2 Å². The molecular formula is C14H26N2O3S. The number of amides is 1. The van der Waals surface area contributed by atoms with Gasteiger partial charge in [0, 0.05) is 5.75 Å². The van der Waals surface area contributed by atoms with Crippen LogP contribution in [0, 0.1) is 5.41 Å². The molecule has 0 aromatic rings. The Morgan fingerprint density at radius 3 is 2.20 bits per heavy atom. The number of thioether (sulfide) groups is 1. The number of hydrogen-bond donors (Lipinski definition) is 1. The molecule has 0 aliphatic carbocycles. The fourth-order valence-electron chi connectivity index (χ4n) is 2.13. The van der Waals surface area contributed by atoms with E-state index in [1.54, 1.807) is 16.7 Å². The van der Waals surface area contributed by atoms with Crippen LogP contribution in [0.15, 0.2) is 0 Å². The topological polar surface area (TPSA) is 72.6 Å². The van der Waals surface area contributed by atoms with E-state index in [1.165, 1.54) is 0 Å². The summed E-state index contributed by atoms with van der Waals surface area (Å²) in [4.78, 5) is 26.0. The molecule has 0 bridgehead atoms. The van der Waals surface area contributed by atoms with Crippen LogP contribution < -0.4 is 5.73 Å². The van der Waals surface area contributed by atoms with Crippen molar-refractivity contribution < 1.29 is 14.3 Å². The second-order valence-corrected chi connectivity index (χ2v) is 8.22. The predicted molar refractivity (Wildman–Crippen MR) is 81.2 cm³/mol. The number of rotatable bonds is 2. The van der Waals surface area contributed by atoms with Gasteiger partial charge in [-0.2, -0.15) is 0 Å². The Kier molecular flexibility index (Phi) is 5.13. The molecule has 0 aromatic heterocycles. The molecule has 1 heterocycles. The van der Waals surface area contributed by atoms with Gasteiger partial charge in [0.25, 0.3) is 0 Å². The first-order chi connectivity index (χ1) is 8.97. The van der Waals surface area contributed by atoms with Crippen molar-refractivity contribution in [2.75, 3.05) is 12.3 Å². The number of nitrogens with zero attached hydrogens (tertiary/aromatic N) is 1. The molecule has 5 nitrogen and oxygen atoms in total. The van der Waals surface area contributed by atoms with Gasteiger partial charge in [-0.15, -0.1) is 11.8 Å². The molecule has 1 rings (SSSR count). The molecule has 2 N–H and O–H groups in total. The van der Waals surface area contributed by atoms with Crippen molar-refractivity contribution >= 4 is 23.6 Å².